The van der Waals surface area contributed by atoms with Crippen LogP contribution < -0.4 is 0 Å². The Morgan fingerprint density at radius 1 is 0.857 bits per heavy atom. The van der Waals surface area contributed by atoms with Crippen molar-refractivity contribution in [3.8, 4) is 0 Å². The lowest BCUT2D eigenvalue weighted by Crippen LogP contribution is -1.81. The maximum absolute atomic E-state index is 4.35. The van der Waals surface area contributed by atoms with Crippen LogP contribution in [0.1, 0.15) is 25.0 Å². The molecule has 0 fully saturated rings. The van der Waals surface area contributed by atoms with E-state index in [4.69, 9.17) is 0 Å². The van der Waals surface area contributed by atoms with Gasteiger partial charge in [0.2, 0.25) is 0 Å². The molecule has 0 aliphatic carbocycles. The van der Waals surface area contributed by atoms with Crippen molar-refractivity contribution in [2.75, 3.05) is 0 Å². The summed E-state index contributed by atoms with van der Waals surface area (Å²) in [6, 6.07) is 4.15. The molecule has 0 spiro atoms. The van der Waals surface area contributed by atoms with Crippen LogP contribution >= 0.6 is 0 Å². The van der Waals surface area contributed by atoms with Crippen molar-refractivity contribution in [2.24, 2.45) is 9.98 Å². The van der Waals surface area contributed by atoms with Crippen molar-refractivity contribution in [1.82, 2.24) is 0 Å². The van der Waals surface area contributed by atoms with Crippen molar-refractivity contribution in [3.05, 3.63) is 23.3 Å². The first-order chi connectivity index (χ1) is 6.70. The Morgan fingerprint density at radius 3 is 1.50 bits per heavy atom. The lowest BCUT2D eigenvalue weighted by molar-refractivity contribution is 1.32. The van der Waals surface area contributed by atoms with E-state index in [1.54, 1.807) is 12.4 Å². The summed E-state index contributed by atoms with van der Waals surface area (Å²) in [5.41, 5.74) is 4.28. The average Bonchev–Trinajstić information content (AvgIpc) is 2.17. The van der Waals surface area contributed by atoms with E-state index < -0.39 is 0 Å². The average molecular weight is 188 g/mol. The van der Waals surface area contributed by atoms with Crippen LogP contribution in [0.15, 0.2) is 22.1 Å². The molecular formula is C12H16N2. The highest BCUT2D eigenvalue weighted by atomic mass is 14.8. The highest BCUT2D eigenvalue weighted by molar-refractivity contribution is 5.77. The predicted octanol–water partition coefficient (Wildman–Crippen LogP) is 3.75. The van der Waals surface area contributed by atoms with Crippen LogP contribution in [0.2, 0.25) is 0 Å². The molecule has 0 aromatic heterocycles. The van der Waals surface area contributed by atoms with Gasteiger partial charge in [0.25, 0.3) is 0 Å². The van der Waals surface area contributed by atoms with Gasteiger partial charge < -0.3 is 0 Å². The molecule has 0 bridgehead atoms. The largest absolute Gasteiger partial charge is 0.259 e. The molecule has 74 valence electrons. The van der Waals surface area contributed by atoms with E-state index in [2.05, 4.69) is 36.0 Å². The van der Waals surface area contributed by atoms with Crippen molar-refractivity contribution in [2.45, 2.75) is 27.7 Å². The minimum atomic E-state index is 0.977. The lowest BCUT2D eigenvalue weighted by Gasteiger charge is -2.07. The highest BCUT2D eigenvalue weighted by Crippen LogP contribution is 2.34. The van der Waals surface area contributed by atoms with Crippen LogP contribution in [0.3, 0.4) is 0 Å². The van der Waals surface area contributed by atoms with Gasteiger partial charge >= 0.3 is 0 Å². The Bertz CT molecular complexity index is 339. The number of aliphatic imine (C=N–C) groups is 2. The molecule has 0 radical (unpaired) electrons. The summed E-state index contributed by atoms with van der Waals surface area (Å²) in [5.74, 6) is 0. The molecule has 0 amide bonds. The highest BCUT2D eigenvalue weighted by Gasteiger charge is 2.05. The van der Waals surface area contributed by atoms with Gasteiger partial charge in [0.15, 0.2) is 0 Å². The van der Waals surface area contributed by atoms with Gasteiger partial charge in [-0.05, 0) is 38.8 Å². The summed E-state index contributed by atoms with van der Waals surface area (Å²) >= 11 is 0. The molecule has 0 saturated carbocycles. The molecule has 0 aliphatic heterocycles. The van der Waals surface area contributed by atoms with Gasteiger partial charge in [0, 0.05) is 12.4 Å². The van der Waals surface area contributed by atoms with E-state index in [9.17, 15) is 0 Å². The van der Waals surface area contributed by atoms with Crippen molar-refractivity contribution in [1.29, 1.82) is 0 Å². The maximum atomic E-state index is 4.35. The first kappa shape index (κ1) is 10.6. The van der Waals surface area contributed by atoms with Crippen LogP contribution in [0.4, 0.5) is 11.4 Å². The minimum absolute atomic E-state index is 0.977. The van der Waals surface area contributed by atoms with E-state index in [1.807, 2.05) is 13.8 Å². The van der Waals surface area contributed by atoms with Gasteiger partial charge in [-0.2, -0.15) is 0 Å². The molecule has 0 aliphatic rings. The smallest absolute Gasteiger partial charge is 0.0913 e. The number of rotatable bonds is 2. The van der Waals surface area contributed by atoms with Crippen molar-refractivity contribution in [3.63, 3.8) is 0 Å². The standard InChI is InChI=1S/C12H16N2/c1-5-13-11-9(3)7-8-10(4)12(11)14-6-2/h5-8H,1-4H3. The molecule has 2 nitrogen and oxygen atoms in total. The molecule has 0 saturated heterocycles. The van der Waals surface area contributed by atoms with Crippen LogP contribution in [-0.4, -0.2) is 12.4 Å². The Labute approximate surface area is 85.4 Å². The van der Waals surface area contributed by atoms with Gasteiger partial charge in [-0.15, -0.1) is 0 Å². The first-order valence-corrected chi connectivity index (χ1v) is 4.78. The van der Waals surface area contributed by atoms with Gasteiger partial charge in [0.1, 0.15) is 0 Å². The van der Waals surface area contributed by atoms with E-state index >= 15 is 0 Å². The summed E-state index contributed by atoms with van der Waals surface area (Å²) in [5, 5.41) is 0. The molecule has 2 heteroatoms. The Kier molecular flexibility index (Phi) is 3.57. The van der Waals surface area contributed by atoms with E-state index in [0.29, 0.717) is 0 Å². The van der Waals surface area contributed by atoms with Gasteiger partial charge in [-0.3, -0.25) is 9.98 Å². The fourth-order valence-corrected chi connectivity index (χ4v) is 1.37. The molecule has 14 heavy (non-hydrogen) atoms. The van der Waals surface area contributed by atoms with E-state index in [0.717, 1.165) is 22.5 Å². The predicted molar refractivity (Wildman–Crippen MR) is 63.6 cm³/mol. The monoisotopic (exact) mass is 188 g/mol. The van der Waals surface area contributed by atoms with Gasteiger partial charge in [-0.25, -0.2) is 0 Å². The molecule has 1 rings (SSSR count). The van der Waals surface area contributed by atoms with Crippen molar-refractivity contribution < 1.29 is 0 Å². The maximum Gasteiger partial charge on any atom is 0.0913 e. The molecular weight excluding hydrogens is 172 g/mol. The van der Waals surface area contributed by atoms with E-state index in [1.165, 1.54) is 0 Å². The lowest BCUT2D eigenvalue weighted by atomic mass is 10.1. The topological polar surface area (TPSA) is 24.7 Å². The third kappa shape index (κ3) is 2.08. The second-order valence-electron chi connectivity index (χ2n) is 3.17. The summed E-state index contributed by atoms with van der Waals surface area (Å²) in [4.78, 5) is 8.69. The normalized spacial score (nSPS) is 11.7. The molecule has 0 unspecified atom stereocenters. The molecule has 1 aromatic carbocycles. The summed E-state index contributed by atoms with van der Waals surface area (Å²) in [6.45, 7) is 7.94. The number of aryl methyl sites for hydroxylation is 2. The molecule has 0 atom stereocenters. The SMILES string of the molecule is CC=Nc1c(C)ccc(C)c1N=CC. The molecule has 0 N–H and O–H groups in total. The summed E-state index contributed by atoms with van der Waals surface area (Å²) in [6.07, 6.45) is 3.60. The quantitative estimate of drug-likeness (QED) is 0.631. The first-order valence-electron chi connectivity index (χ1n) is 4.78. The van der Waals surface area contributed by atoms with Crippen molar-refractivity contribution >= 4 is 23.8 Å². The summed E-state index contributed by atoms with van der Waals surface area (Å²) in [7, 11) is 0. The van der Waals surface area contributed by atoms with Gasteiger partial charge in [0.05, 0.1) is 11.4 Å². The van der Waals surface area contributed by atoms with Crippen LogP contribution in [-0.2, 0) is 0 Å². The third-order valence-corrected chi connectivity index (χ3v) is 2.07. The zero-order chi connectivity index (χ0) is 10.6. The Hall–Kier alpha value is -1.44. The zero-order valence-electron chi connectivity index (χ0n) is 9.20. The molecule has 1 aromatic rings. The second kappa shape index (κ2) is 4.70. The summed E-state index contributed by atoms with van der Waals surface area (Å²) < 4.78 is 0. The number of benzene rings is 1. The fourth-order valence-electron chi connectivity index (χ4n) is 1.37. The zero-order valence-corrected chi connectivity index (χ0v) is 9.20. The fraction of sp³-hybridized carbons (Fsp3) is 0.333. The van der Waals surface area contributed by atoms with Crippen LogP contribution in [0.25, 0.3) is 0 Å². The Balaban J connectivity index is 3.41. The number of hydrogen-bond donors (Lipinski definition) is 0. The number of nitrogens with zero attached hydrogens (tertiary/aromatic N) is 2. The van der Waals surface area contributed by atoms with Crippen LogP contribution in [0.5, 0.6) is 0 Å². The third-order valence-electron chi connectivity index (χ3n) is 2.07. The molecule has 0 heterocycles. The second-order valence-corrected chi connectivity index (χ2v) is 3.17. The number of hydrogen-bond acceptors (Lipinski definition) is 2. The van der Waals surface area contributed by atoms with Crippen LogP contribution in [0, 0.1) is 13.8 Å². The Morgan fingerprint density at radius 2 is 1.21 bits per heavy atom. The van der Waals surface area contributed by atoms with Gasteiger partial charge in [-0.1, -0.05) is 12.1 Å². The minimum Gasteiger partial charge on any atom is -0.259 e. The van der Waals surface area contributed by atoms with E-state index in [-0.39, 0.29) is 0 Å².